The molecule has 1 heterocycles. The molecule has 0 saturated heterocycles. The number of nitrogens with one attached hydrogen (secondary N) is 2. The molecule has 2 N–H and O–H groups in total. The van der Waals surface area contributed by atoms with E-state index in [0.717, 1.165) is 0 Å². The molecule has 0 fully saturated rings. The SMILES string of the molecule is O=[N+]([O-])NC1=NONC1([N+](=O)[O-])[N+](=O)[O-]. The zero-order chi connectivity index (χ0) is 11.6. The first-order valence-corrected chi connectivity index (χ1v) is 3.13. The summed E-state index contributed by atoms with van der Waals surface area (Å²) >= 11 is 0. The second-order valence-electron chi connectivity index (χ2n) is 2.19. The minimum Gasteiger partial charge on any atom is -0.284 e. The average Bonchev–Trinajstić information content (AvgIpc) is 2.47. The van der Waals surface area contributed by atoms with Crippen LogP contribution in [0.25, 0.3) is 0 Å². The Balaban J connectivity index is 3.09. The van der Waals surface area contributed by atoms with Gasteiger partial charge in [-0.2, -0.15) is 0 Å². The van der Waals surface area contributed by atoms with Crippen molar-refractivity contribution in [1.29, 1.82) is 0 Å². The number of rotatable bonds is 3. The molecular formula is C2H2N6O7. The van der Waals surface area contributed by atoms with E-state index in [1.165, 1.54) is 10.9 Å². The Labute approximate surface area is 79.0 Å². The van der Waals surface area contributed by atoms with Crippen LogP contribution in [-0.4, -0.2) is 26.5 Å². The molecule has 0 radical (unpaired) electrons. The van der Waals surface area contributed by atoms with Crippen LogP contribution in [0.15, 0.2) is 5.16 Å². The number of nitro groups is 3. The molecule has 82 valence electrons. The summed E-state index contributed by atoms with van der Waals surface area (Å²) in [6.45, 7) is 0. The summed E-state index contributed by atoms with van der Waals surface area (Å²) in [5, 5.41) is 32.3. The van der Waals surface area contributed by atoms with E-state index in [9.17, 15) is 30.3 Å². The first kappa shape index (κ1) is 10.5. The van der Waals surface area contributed by atoms with E-state index in [1.807, 2.05) is 0 Å². The van der Waals surface area contributed by atoms with Crippen molar-refractivity contribution >= 4 is 5.84 Å². The van der Waals surface area contributed by atoms with Crippen LogP contribution in [0.2, 0.25) is 0 Å². The molecule has 0 spiro atoms. The maximum atomic E-state index is 10.4. The zero-order valence-electron chi connectivity index (χ0n) is 6.65. The Hall–Kier alpha value is -2.57. The zero-order valence-corrected chi connectivity index (χ0v) is 6.65. The van der Waals surface area contributed by atoms with Crippen LogP contribution in [0.3, 0.4) is 0 Å². The lowest BCUT2D eigenvalue weighted by molar-refractivity contribution is -0.787. The van der Waals surface area contributed by atoms with Crippen molar-refractivity contribution in [3.8, 4) is 0 Å². The Bertz CT molecular complexity index is 346. The van der Waals surface area contributed by atoms with Crippen molar-refractivity contribution in [2.24, 2.45) is 5.16 Å². The largest absolute Gasteiger partial charge is 0.620 e. The second-order valence-corrected chi connectivity index (χ2v) is 2.19. The van der Waals surface area contributed by atoms with Gasteiger partial charge in [-0.3, -0.25) is 25.2 Å². The lowest BCUT2D eigenvalue weighted by Crippen LogP contribution is -2.64. The van der Waals surface area contributed by atoms with Gasteiger partial charge in [-0.05, 0) is 5.16 Å². The highest BCUT2D eigenvalue weighted by Gasteiger charge is 2.70. The van der Waals surface area contributed by atoms with Gasteiger partial charge in [-0.15, -0.1) is 0 Å². The topological polar surface area (TPSA) is 175 Å². The summed E-state index contributed by atoms with van der Waals surface area (Å²) in [4.78, 5) is 31.9. The molecule has 1 aliphatic heterocycles. The van der Waals surface area contributed by atoms with Crippen molar-refractivity contribution in [3.05, 3.63) is 30.3 Å². The summed E-state index contributed by atoms with van der Waals surface area (Å²) < 4.78 is 0. The van der Waals surface area contributed by atoms with E-state index < -0.39 is 26.5 Å². The summed E-state index contributed by atoms with van der Waals surface area (Å²) in [6, 6.07) is 0. The first-order chi connectivity index (χ1) is 6.91. The summed E-state index contributed by atoms with van der Waals surface area (Å²) in [6.07, 6.45) is 0. The molecule has 0 aliphatic carbocycles. The minimum atomic E-state index is -3.19. The third-order valence-electron chi connectivity index (χ3n) is 1.38. The third-order valence-corrected chi connectivity index (χ3v) is 1.38. The van der Waals surface area contributed by atoms with Crippen LogP contribution < -0.4 is 10.9 Å². The molecule has 0 saturated carbocycles. The maximum absolute atomic E-state index is 10.4. The van der Waals surface area contributed by atoms with Gasteiger partial charge in [-0.25, -0.2) is 10.1 Å². The monoisotopic (exact) mass is 222 g/mol. The van der Waals surface area contributed by atoms with Gasteiger partial charge in [0.25, 0.3) is 0 Å². The third kappa shape index (κ3) is 1.46. The molecule has 0 aromatic heterocycles. The maximum Gasteiger partial charge on any atom is 0.620 e. The highest BCUT2D eigenvalue weighted by molar-refractivity contribution is 5.87. The number of hydrogen-bond acceptors (Lipinski definition) is 9. The number of hydrogen-bond donors (Lipinski definition) is 2. The van der Waals surface area contributed by atoms with Gasteiger partial charge in [0.05, 0.1) is 0 Å². The summed E-state index contributed by atoms with van der Waals surface area (Å²) in [5.74, 6) is -4.37. The van der Waals surface area contributed by atoms with Crippen LogP contribution in [0.1, 0.15) is 0 Å². The smallest absolute Gasteiger partial charge is 0.284 e. The molecule has 13 heteroatoms. The Morgan fingerprint density at radius 3 is 2.20 bits per heavy atom. The number of hydrazine groups is 1. The lowest BCUT2D eigenvalue weighted by atomic mass is 10.3. The molecule has 0 bridgehead atoms. The fourth-order valence-electron chi connectivity index (χ4n) is 0.743. The Morgan fingerprint density at radius 2 is 1.80 bits per heavy atom. The van der Waals surface area contributed by atoms with E-state index in [2.05, 4.69) is 10.1 Å². The van der Waals surface area contributed by atoms with E-state index in [-0.39, 0.29) is 0 Å². The van der Waals surface area contributed by atoms with Gasteiger partial charge in [0.1, 0.15) is 9.85 Å². The number of amidine groups is 1. The van der Waals surface area contributed by atoms with E-state index in [1.54, 1.807) is 0 Å². The predicted octanol–water partition coefficient (Wildman–Crippen LogP) is -2.18. The van der Waals surface area contributed by atoms with Gasteiger partial charge < -0.3 is 0 Å². The van der Waals surface area contributed by atoms with Crippen LogP contribution in [0.4, 0.5) is 0 Å². The van der Waals surface area contributed by atoms with Crippen LogP contribution in [0, 0.1) is 30.3 Å². The number of hydroxylamine groups is 1. The van der Waals surface area contributed by atoms with Gasteiger partial charge in [0, 0.05) is 5.48 Å². The molecule has 15 heavy (non-hydrogen) atoms. The molecule has 0 unspecified atom stereocenters. The van der Waals surface area contributed by atoms with Crippen LogP contribution >= 0.6 is 0 Å². The van der Waals surface area contributed by atoms with Crippen molar-refractivity contribution in [2.75, 3.05) is 0 Å². The summed E-state index contributed by atoms with van der Waals surface area (Å²) in [5.41, 5.74) is 2.55. The normalized spacial score (nSPS) is 17.5. The lowest BCUT2D eigenvalue weighted by Gasteiger charge is -2.07. The van der Waals surface area contributed by atoms with E-state index in [4.69, 9.17) is 0 Å². The number of nitrogens with zero attached hydrogens (tertiary/aromatic N) is 4. The fraction of sp³-hybridized carbons (Fsp3) is 0.500. The molecular weight excluding hydrogens is 220 g/mol. The van der Waals surface area contributed by atoms with Crippen molar-refractivity contribution in [2.45, 2.75) is 5.79 Å². The molecule has 1 aliphatic rings. The highest BCUT2D eigenvalue weighted by atomic mass is 16.8. The molecule has 0 amide bonds. The average molecular weight is 222 g/mol. The van der Waals surface area contributed by atoms with Gasteiger partial charge in [0.15, 0.2) is 5.03 Å². The molecule has 0 atom stereocenters. The summed E-state index contributed by atoms with van der Waals surface area (Å²) in [7, 11) is 0. The molecule has 1 rings (SSSR count). The van der Waals surface area contributed by atoms with E-state index in [0.29, 0.717) is 0 Å². The van der Waals surface area contributed by atoms with Gasteiger partial charge in [-0.1, -0.05) is 5.43 Å². The minimum absolute atomic E-state index is 1.18. The predicted molar refractivity (Wildman–Crippen MR) is 38.5 cm³/mol. The second kappa shape index (κ2) is 3.29. The molecule has 0 aromatic rings. The Morgan fingerprint density at radius 1 is 1.27 bits per heavy atom. The molecule has 13 nitrogen and oxygen atoms in total. The Kier molecular flexibility index (Phi) is 2.31. The van der Waals surface area contributed by atoms with E-state index >= 15 is 0 Å². The van der Waals surface area contributed by atoms with Gasteiger partial charge in [0.2, 0.25) is 0 Å². The van der Waals surface area contributed by atoms with Crippen LogP contribution in [0.5, 0.6) is 0 Å². The highest BCUT2D eigenvalue weighted by Crippen LogP contribution is 2.14. The van der Waals surface area contributed by atoms with Crippen LogP contribution in [-0.2, 0) is 4.94 Å². The number of oxime groups is 1. The quantitative estimate of drug-likeness (QED) is 0.305. The first-order valence-electron chi connectivity index (χ1n) is 3.13. The molecule has 0 aromatic carbocycles. The van der Waals surface area contributed by atoms with Crippen molar-refractivity contribution in [3.63, 3.8) is 0 Å². The standard InChI is InChI=1S/C2H2N6O7/c9-6(10)2(7(11)12)1(3-8(13)14)4-15-5-2/h5H,(H,3,4). The van der Waals surface area contributed by atoms with Crippen molar-refractivity contribution in [1.82, 2.24) is 10.9 Å². The van der Waals surface area contributed by atoms with Crippen molar-refractivity contribution < 1.29 is 19.8 Å². The fourth-order valence-corrected chi connectivity index (χ4v) is 0.743. The van der Waals surface area contributed by atoms with Gasteiger partial charge >= 0.3 is 11.6 Å².